The zero-order chi connectivity index (χ0) is 13.3. The van der Waals surface area contributed by atoms with E-state index in [0.717, 1.165) is 4.47 Å². The van der Waals surface area contributed by atoms with Crippen molar-refractivity contribution < 1.29 is 19.0 Å². The first-order chi connectivity index (χ1) is 8.08. The summed E-state index contributed by atoms with van der Waals surface area (Å²) in [7, 11) is 4.69. The Morgan fingerprint density at radius 3 is 2.29 bits per heavy atom. The van der Waals surface area contributed by atoms with Crippen molar-refractivity contribution in [3.63, 3.8) is 0 Å². The first-order valence-electron chi connectivity index (χ1n) is 4.79. The highest BCUT2D eigenvalue weighted by Gasteiger charge is 2.02. The molecular weight excluding hydrogens is 290 g/mol. The van der Waals surface area contributed by atoms with Crippen LogP contribution in [0.25, 0.3) is 0 Å². The van der Waals surface area contributed by atoms with Gasteiger partial charge in [-0.15, -0.1) is 0 Å². The van der Waals surface area contributed by atoms with Crippen LogP contribution in [0.2, 0.25) is 0 Å². The van der Waals surface area contributed by atoms with Gasteiger partial charge in [-0.25, -0.2) is 4.98 Å². The number of aldehydes is 1. The molecule has 0 atom stereocenters. The van der Waals surface area contributed by atoms with E-state index in [-0.39, 0.29) is 6.29 Å². The van der Waals surface area contributed by atoms with Crippen molar-refractivity contribution in [1.29, 1.82) is 0 Å². The van der Waals surface area contributed by atoms with Crippen molar-refractivity contribution in [2.45, 2.75) is 13.2 Å². The van der Waals surface area contributed by atoms with Crippen LogP contribution < -0.4 is 4.74 Å². The van der Waals surface area contributed by atoms with Gasteiger partial charge in [-0.05, 0) is 28.9 Å². The van der Waals surface area contributed by atoms with Crippen molar-refractivity contribution in [2.24, 2.45) is 0 Å². The summed E-state index contributed by atoms with van der Waals surface area (Å²) in [5.74, 6) is 0.350. The summed E-state index contributed by atoms with van der Waals surface area (Å²) in [5, 5.41) is 0. The van der Waals surface area contributed by atoms with Crippen LogP contribution in [0.15, 0.2) is 16.7 Å². The zero-order valence-electron chi connectivity index (χ0n) is 10.3. The molecule has 5 nitrogen and oxygen atoms in total. The summed E-state index contributed by atoms with van der Waals surface area (Å²) in [6.45, 7) is 1.83. The summed E-state index contributed by atoms with van der Waals surface area (Å²) in [4.78, 5) is 14.3. The Kier molecular flexibility index (Phi) is 8.57. The van der Waals surface area contributed by atoms with E-state index in [4.69, 9.17) is 4.74 Å². The van der Waals surface area contributed by atoms with Gasteiger partial charge in [-0.3, -0.25) is 4.79 Å². The Bertz CT molecular complexity index is 342. The maximum absolute atomic E-state index is 10.4. The number of carbonyl (C=O) groups excluding carboxylic acids is 1. The lowest BCUT2D eigenvalue weighted by atomic mass is 10.3. The van der Waals surface area contributed by atoms with Gasteiger partial charge >= 0.3 is 0 Å². The van der Waals surface area contributed by atoms with Crippen molar-refractivity contribution in [3.05, 3.63) is 22.3 Å². The molecule has 1 heterocycles. The van der Waals surface area contributed by atoms with Crippen molar-refractivity contribution in [3.8, 4) is 5.88 Å². The average Bonchev–Trinajstić information content (AvgIpc) is 2.38. The molecular formula is C11H16BrNO4. The lowest BCUT2D eigenvalue weighted by Crippen LogP contribution is -2.05. The van der Waals surface area contributed by atoms with E-state index < -0.39 is 0 Å². The van der Waals surface area contributed by atoms with E-state index >= 15 is 0 Å². The van der Waals surface area contributed by atoms with Gasteiger partial charge in [0.2, 0.25) is 5.88 Å². The van der Waals surface area contributed by atoms with Crippen LogP contribution in [0.3, 0.4) is 0 Å². The van der Waals surface area contributed by atoms with Gasteiger partial charge in [0.05, 0.1) is 12.7 Å². The molecule has 0 aromatic carbocycles. The lowest BCUT2D eigenvalue weighted by molar-refractivity contribution is -0.0877. The molecule has 1 aromatic rings. The molecule has 0 aliphatic rings. The number of pyridine rings is 1. The first-order valence-corrected chi connectivity index (χ1v) is 5.58. The van der Waals surface area contributed by atoms with E-state index in [9.17, 15) is 4.79 Å². The molecule has 0 unspecified atom stereocenters. The van der Waals surface area contributed by atoms with Crippen LogP contribution >= 0.6 is 15.9 Å². The van der Waals surface area contributed by atoms with Crippen molar-refractivity contribution in [1.82, 2.24) is 4.98 Å². The molecule has 1 rings (SSSR count). The molecule has 0 bridgehead atoms. The van der Waals surface area contributed by atoms with Crippen LogP contribution in [0.4, 0.5) is 0 Å². The summed E-state index contributed by atoms with van der Waals surface area (Å²) in [6, 6.07) is 1.65. The topological polar surface area (TPSA) is 57.6 Å². The normalized spacial score (nSPS) is 9.53. The van der Waals surface area contributed by atoms with Crippen LogP contribution in [-0.2, 0) is 9.47 Å². The maximum atomic E-state index is 10.4. The Morgan fingerprint density at radius 2 is 1.94 bits per heavy atom. The zero-order valence-corrected chi connectivity index (χ0v) is 11.9. The van der Waals surface area contributed by atoms with Gasteiger partial charge in [0.15, 0.2) is 12.6 Å². The molecule has 6 heteroatoms. The number of halogens is 1. The van der Waals surface area contributed by atoms with Gasteiger partial charge in [-0.1, -0.05) is 0 Å². The molecule has 0 amide bonds. The molecule has 0 spiro atoms. The number of ether oxygens (including phenoxy) is 3. The molecule has 0 saturated heterocycles. The second kappa shape index (κ2) is 9.09. The van der Waals surface area contributed by atoms with Crippen molar-refractivity contribution >= 4 is 22.2 Å². The van der Waals surface area contributed by atoms with Gasteiger partial charge < -0.3 is 14.2 Å². The highest BCUT2D eigenvalue weighted by Crippen LogP contribution is 2.17. The largest absolute Gasteiger partial charge is 0.480 e. The molecule has 0 aliphatic carbocycles. The second-order valence-corrected chi connectivity index (χ2v) is 3.82. The van der Waals surface area contributed by atoms with Crippen LogP contribution in [-0.4, -0.2) is 38.9 Å². The number of hydrogen-bond acceptors (Lipinski definition) is 5. The van der Waals surface area contributed by atoms with Gasteiger partial charge in [0.25, 0.3) is 0 Å². The molecule has 96 valence electrons. The number of carbonyl (C=O) groups is 1. The molecule has 0 saturated carbocycles. The molecule has 0 N–H and O–H groups in total. The number of nitrogens with zero attached hydrogens (tertiary/aromatic N) is 1. The number of methoxy groups -OCH3 is 3. The van der Waals surface area contributed by atoms with E-state index in [1.807, 2.05) is 6.92 Å². The fourth-order valence-corrected chi connectivity index (χ4v) is 1.14. The minimum Gasteiger partial charge on any atom is -0.480 e. The number of aromatic nitrogens is 1. The van der Waals surface area contributed by atoms with Gasteiger partial charge in [0, 0.05) is 24.9 Å². The third kappa shape index (κ3) is 6.35. The van der Waals surface area contributed by atoms with Crippen LogP contribution in [0.5, 0.6) is 5.88 Å². The predicted molar refractivity (Wildman–Crippen MR) is 67.4 cm³/mol. The fourth-order valence-electron chi connectivity index (χ4n) is 0.794. The quantitative estimate of drug-likeness (QED) is 0.631. The van der Waals surface area contributed by atoms with E-state index in [2.05, 4.69) is 30.4 Å². The van der Waals surface area contributed by atoms with Gasteiger partial charge in [0.1, 0.15) is 0 Å². The Morgan fingerprint density at radius 1 is 1.35 bits per heavy atom. The van der Waals surface area contributed by atoms with E-state index in [1.165, 1.54) is 7.11 Å². The third-order valence-corrected chi connectivity index (χ3v) is 2.26. The lowest BCUT2D eigenvalue weighted by Gasteiger charge is -2.03. The van der Waals surface area contributed by atoms with Gasteiger partial charge in [-0.2, -0.15) is 0 Å². The number of rotatable bonds is 4. The first kappa shape index (κ1) is 16.0. The maximum Gasteiger partial charge on any atom is 0.223 e. The summed E-state index contributed by atoms with van der Waals surface area (Å²) < 4.78 is 14.9. The molecule has 0 aliphatic heterocycles. The van der Waals surface area contributed by atoms with Crippen molar-refractivity contribution in [2.75, 3.05) is 21.3 Å². The molecule has 0 radical (unpaired) electrons. The highest BCUT2D eigenvalue weighted by molar-refractivity contribution is 9.10. The summed E-state index contributed by atoms with van der Waals surface area (Å²) in [6.07, 6.45) is 2.22. The van der Waals surface area contributed by atoms with Crippen LogP contribution in [0.1, 0.15) is 17.3 Å². The van der Waals surface area contributed by atoms with Crippen LogP contribution in [0, 0.1) is 0 Å². The third-order valence-electron chi connectivity index (χ3n) is 1.83. The minimum atomic E-state index is -0.0648. The molecule has 0 fully saturated rings. The fraction of sp³-hybridized carbons (Fsp3) is 0.455. The molecule has 1 aromatic heterocycles. The van der Waals surface area contributed by atoms with E-state index in [0.29, 0.717) is 17.7 Å². The van der Waals surface area contributed by atoms with E-state index in [1.54, 1.807) is 26.5 Å². The Labute approximate surface area is 109 Å². The molecule has 17 heavy (non-hydrogen) atoms. The number of hydrogen-bond donors (Lipinski definition) is 0. The predicted octanol–water partition coefficient (Wildman–Crippen LogP) is 2.29. The second-order valence-electron chi connectivity index (χ2n) is 2.91. The smallest absolute Gasteiger partial charge is 0.223 e. The Balaban J connectivity index is 0.000000366. The SMILES string of the molecule is COC(C)OC.COc1ncc(Br)cc1C=O. The standard InChI is InChI=1S/C7H6BrNO2.C4H10O2/c1-11-7-5(4-10)2-6(8)3-9-7;1-4(5-2)6-3/h2-4H,1H3;4H,1-3H3. The summed E-state index contributed by atoms with van der Waals surface area (Å²) >= 11 is 3.19. The average molecular weight is 306 g/mol. The summed E-state index contributed by atoms with van der Waals surface area (Å²) in [5.41, 5.74) is 0.446. The Hall–Kier alpha value is -0.980. The minimum absolute atomic E-state index is 0.0648. The highest BCUT2D eigenvalue weighted by atomic mass is 79.9. The monoisotopic (exact) mass is 305 g/mol.